The van der Waals surface area contributed by atoms with Crippen LogP contribution < -0.4 is 25.5 Å². The fourth-order valence-corrected chi connectivity index (χ4v) is 16.6. The summed E-state index contributed by atoms with van der Waals surface area (Å²) in [7, 11) is 0. The number of furan rings is 1. The van der Waals surface area contributed by atoms with Crippen molar-refractivity contribution in [1.29, 1.82) is 0 Å². The molecule has 0 amide bonds. The molecule has 3 nitrogen and oxygen atoms in total. The molecule has 78 heavy (non-hydrogen) atoms. The van der Waals surface area contributed by atoms with Gasteiger partial charge in [-0.2, -0.15) is 0 Å². The molecule has 0 radical (unpaired) electrons. The standard InChI is InChI=1S/C73H79BN2OS/c1-42-32-59-64-60(33-42)76(57-39-53-50(68(5,6)26-29-71(53,11)12)36-46(57)43-20-18-17-19-21-43)58-40-54-52(70(9,10)28-30-72(54,13)14)38-56(58)74(64)66-65(49-37-51-55(41-63(49)78-66)73(15,16)31-27-69(51,7)8)75(59)45-23-25-62-48(35-45)47-34-44(67(2,3)4)22-24-61(47)77-62/h17-25,32-41H,26-31H2,1-16H3. The minimum absolute atomic E-state index is 0.000641. The van der Waals surface area contributed by atoms with E-state index in [0.717, 1.165) is 35.8 Å². The van der Waals surface area contributed by atoms with Gasteiger partial charge in [0.05, 0.1) is 11.4 Å². The summed E-state index contributed by atoms with van der Waals surface area (Å²) in [6.07, 6.45) is 7.00. The van der Waals surface area contributed by atoms with E-state index in [9.17, 15) is 0 Å². The van der Waals surface area contributed by atoms with Crippen LogP contribution in [0.1, 0.15) is 187 Å². The number of fused-ring (bicyclic) bond motifs is 12. The number of benzene rings is 7. The van der Waals surface area contributed by atoms with Crippen molar-refractivity contribution in [1.82, 2.24) is 0 Å². The molecule has 0 fully saturated rings. The summed E-state index contributed by atoms with van der Waals surface area (Å²) in [5, 5.41) is 3.71. The third-order valence-electron chi connectivity index (χ3n) is 20.6. The van der Waals surface area contributed by atoms with Gasteiger partial charge >= 0.3 is 0 Å². The van der Waals surface area contributed by atoms with E-state index in [2.05, 4.69) is 247 Å². The van der Waals surface area contributed by atoms with Crippen LogP contribution in [0.5, 0.6) is 0 Å². The first kappa shape index (κ1) is 50.2. The molecular weight excluding hydrogens is 964 g/mol. The Morgan fingerprint density at radius 1 is 0.474 bits per heavy atom. The van der Waals surface area contributed by atoms with Crippen molar-refractivity contribution in [3.05, 3.63) is 160 Å². The van der Waals surface area contributed by atoms with Crippen molar-refractivity contribution in [2.24, 2.45) is 0 Å². The predicted octanol–water partition coefficient (Wildman–Crippen LogP) is 19.2. The number of thiophene rings is 1. The average Bonchev–Trinajstić information content (AvgIpc) is 3.79. The Morgan fingerprint density at radius 3 is 1.56 bits per heavy atom. The lowest BCUT2D eigenvalue weighted by Gasteiger charge is -2.48. The van der Waals surface area contributed by atoms with E-state index in [4.69, 9.17) is 4.42 Å². The lowest BCUT2D eigenvalue weighted by Crippen LogP contribution is -2.61. The zero-order valence-corrected chi connectivity index (χ0v) is 50.3. The van der Waals surface area contributed by atoms with Crippen LogP contribution in [0.4, 0.5) is 34.1 Å². The second-order valence-corrected chi connectivity index (χ2v) is 30.9. The molecule has 0 bridgehead atoms. The largest absolute Gasteiger partial charge is 0.456 e. The highest BCUT2D eigenvalue weighted by molar-refractivity contribution is 7.33. The third kappa shape index (κ3) is 7.20. The van der Waals surface area contributed by atoms with Gasteiger partial charge < -0.3 is 14.2 Å². The fourth-order valence-electron chi connectivity index (χ4n) is 15.3. The molecule has 5 heteroatoms. The number of nitrogens with zero attached hydrogens (tertiary/aromatic N) is 2. The van der Waals surface area contributed by atoms with Gasteiger partial charge in [0.2, 0.25) is 0 Å². The van der Waals surface area contributed by atoms with E-state index in [1.54, 1.807) is 0 Å². The van der Waals surface area contributed by atoms with Crippen molar-refractivity contribution < 1.29 is 4.42 Å². The summed E-state index contributed by atoms with van der Waals surface area (Å²) in [4.78, 5) is 5.48. The summed E-state index contributed by atoms with van der Waals surface area (Å²) in [5.74, 6) is 0. The van der Waals surface area contributed by atoms with E-state index in [0.29, 0.717) is 0 Å². The number of hydrogen-bond donors (Lipinski definition) is 0. The van der Waals surface area contributed by atoms with Crippen LogP contribution >= 0.6 is 11.3 Å². The van der Waals surface area contributed by atoms with Crippen LogP contribution in [0.3, 0.4) is 0 Å². The quantitative estimate of drug-likeness (QED) is 0.164. The Bertz CT molecular complexity index is 4050. The van der Waals surface area contributed by atoms with Gasteiger partial charge in [0, 0.05) is 53.9 Å². The maximum Gasteiger partial charge on any atom is 0.264 e. The van der Waals surface area contributed by atoms with E-state index in [1.807, 2.05) is 0 Å². The Labute approximate surface area is 469 Å². The van der Waals surface area contributed by atoms with Gasteiger partial charge in [0.15, 0.2) is 0 Å². The maximum atomic E-state index is 6.71. The normalized spacial score (nSPS) is 19.8. The molecule has 0 saturated heterocycles. The molecule has 7 aromatic carbocycles. The minimum atomic E-state index is 0.000641. The Balaban J connectivity index is 1.14. The van der Waals surface area contributed by atoms with Gasteiger partial charge in [-0.25, -0.2) is 0 Å². The first-order valence-electron chi connectivity index (χ1n) is 29.4. The summed E-state index contributed by atoms with van der Waals surface area (Å²) >= 11 is 2.06. The molecule has 0 unspecified atom stereocenters. The van der Waals surface area contributed by atoms with E-state index in [-0.39, 0.29) is 44.6 Å². The molecule has 4 heterocycles. The number of anilines is 6. The van der Waals surface area contributed by atoms with Crippen LogP contribution in [0, 0.1) is 6.92 Å². The first-order chi connectivity index (χ1) is 36.6. The molecule has 2 aromatic heterocycles. The topological polar surface area (TPSA) is 19.6 Å². The lowest BCUT2D eigenvalue weighted by molar-refractivity contribution is 0.332. The molecule has 2 aliphatic heterocycles. The SMILES string of the molecule is Cc1cc2c3c(c1)N(c1ccc4oc5ccc(C(C)(C)C)cc5c4c1)c1c(sc4cc5c(cc14)C(C)(C)CCC5(C)C)B3c1cc3c(cc1N2c1cc2c(cc1-c1ccccc1)C(C)(C)CCC2(C)C)C(C)(C)CCC3(C)C. The van der Waals surface area contributed by atoms with E-state index < -0.39 is 0 Å². The Hall–Kier alpha value is -6.04. The van der Waals surface area contributed by atoms with Crippen LogP contribution in [0.25, 0.3) is 43.2 Å². The van der Waals surface area contributed by atoms with Crippen LogP contribution in [-0.2, 0) is 37.9 Å². The lowest BCUT2D eigenvalue weighted by atomic mass is 9.35. The average molecular weight is 1040 g/mol. The molecule has 0 spiro atoms. The van der Waals surface area contributed by atoms with Crippen molar-refractivity contribution in [2.45, 2.75) is 187 Å². The smallest absolute Gasteiger partial charge is 0.264 e. The zero-order valence-electron chi connectivity index (χ0n) is 49.5. The summed E-state index contributed by atoms with van der Waals surface area (Å²) in [5.41, 5.74) is 26.8. The van der Waals surface area contributed by atoms with Crippen molar-refractivity contribution in [3.8, 4) is 11.1 Å². The van der Waals surface area contributed by atoms with Crippen molar-refractivity contribution >= 4 is 99.9 Å². The fraction of sp³-hybridized carbons (Fsp3) is 0.397. The highest BCUT2D eigenvalue weighted by atomic mass is 32.1. The monoisotopic (exact) mass is 1040 g/mol. The molecule has 0 N–H and O–H groups in total. The summed E-state index contributed by atoms with van der Waals surface area (Å²) in [6, 6.07) is 46.3. The number of rotatable bonds is 3. The maximum absolute atomic E-state index is 6.71. The van der Waals surface area contributed by atoms with Crippen LogP contribution in [0.2, 0.25) is 0 Å². The van der Waals surface area contributed by atoms with Crippen LogP contribution in [-0.4, -0.2) is 6.71 Å². The van der Waals surface area contributed by atoms with E-state index >= 15 is 0 Å². The van der Waals surface area contributed by atoms with Gasteiger partial charge in [-0.3, -0.25) is 0 Å². The van der Waals surface area contributed by atoms with Gasteiger partial charge in [-0.15, -0.1) is 11.3 Å². The molecule has 0 atom stereocenters. The van der Waals surface area contributed by atoms with Crippen molar-refractivity contribution in [2.75, 3.05) is 9.80 Å². The zero-order chi connectivity index (χ0) is 54.8. The predicted molar refractivity (Wildman–Crippen MR) is 338 cm³/mol. The second kappa shape index (κ2) is 16.1. The molecule has 0 saturated carbocycles. The van der Waals surface area contributed by atoms with Crippen LogP contribution in [0.15, 0.2) is 120 Å². The summed E-state index contributed by atoms with van der Waals surface area (Å²) in [6.45, 7) is 39.2. The molecule has 3 aliphatic carbocycles. The van der Waals surface area contributed by atoms with Gasteiger partial charge in [0.25, 0.3) is 6.71 Å². The highest BCUT2D eigenvalue weighted by Crippen LogP contribution is 2.57. The van der Waals surface area contributed by atoms with Gasteiger partial charge in [-0.1, -0.05) is 146 Å². The minimum Gasteiger partial charge on any atom is -0.456 e. The molecule has 396 valence electrons. The van der Waals surface area contributed by atoms with Crippen molar-refractivity contribution in [3.63, 3.8) is 0 Å². The molecular formula is C73H79BN2OS. The molecule has 9 aromatic rings. The second-order valence-electron chi connectivity index (χ2n) is 29.8. The van der Waals surface area contributed by atoms with Gasteiger partial charge in [0.1, 0.15) is 11.2 Å². The summed E-state index contributed by atoms with van der Waals surface area (Å²) < 4.78 is 9.54. The number of hydrogen-bond acceptors (Lipinski definition) is 4. The number of aryl methyl sites for hydroxylation is 1. The Morgan fingerprint density at radius 2 is 0.974 bits per heavy atom. The Kier molecular flexibility index (Phi) is 10.4. The molecule has 5 aliphatic rings. The van der Waals surface area contributed by atoms with Gasteiger partial charge in [-0.05, 0) is 217 Å². The van der Waals surface area contributed by atoms with E-state index in [1.165, 1.54) is 140 Å². The molecule has 14 rings (SSSR count). The first-order valence-corrected chi connectivity index (χ1v) is 30.2. The third-order valence-corrected chi connectivity index (χ3v) is 21.8. The highest BCUT2D eigenvalue weighted by Gasteiger charge is 2.50.